The summed E-state index contributed by atoms with van der Waals surface area (Å²) in [5, 5.41) is 0. The van der Waals surface area contributed by atoms with Crippen LogP contribution < -0.4 is 20.3 Å². The minimum atomic E-state index is -0.459. The lowest BCUT2D eigenvalue weighted by molar-refractivity contribution is -0.123. The Kier molecular flexibility index (Phi) is 7.45. The second-order valence-electron chi connectivity index (χ2n) is 6.90. The van der Waals surface area contributed by atoms with Gasteiger partial charge in [-0.3, -0.25) is 20.4 Å². The summed E-state index contributed by atoms with van der Waals surface area (Å²) >= 11 is 3.32. The molecule has 0 saturated heterocycles. The summed E-state index contributed by atoms with van der Waals surface area (Å²) in [7, 11) is 1.54. The number of hydrogen-bond acceptors (Lipinski definition) is 4. The topological polar surface area (TPSA) is 76.7 Å². The van der Waals surface area contributed by atoms with Gasteiger partial charge in [0.2, 0.25) is 0 Å². The molecule has 6 nitrogen and oxygen atoms in total. The second-order valence-corrected chi connectivity index (χ2v) is 7.76. The Bertz CT molecular complexity index is 835. The third-order valence-corrected chi connectivity index (χ3v) is 5.24. The van der Waals surface area contributed by atoms with Gasteiger partial charge in [-0.2, -0.15) is 0 Å². The first-order valence-electron chi connectivity index (χ1n) is 8.93. The van der Waals surface area contributed by atoms with E-state index in [1.54, 1.807) is 18.2 Å². The molecule has 0 spiro atoms. The lowest BCUT2D eigenvalue weighted by Crippen LogP contribution is -2.43. The highest BCUT2D eigenvalue weighted by Crippen LogP contribution is 2.28. The van der Waals surface area contributed by atoms with E-state index in [4.69, 9.17) is 9.47 Å². The minimum Gasteiger partial charge on any atom is -0.496 e. The van der Waals surface area contributed by atoms with Gasteiger partial charge >= 0.3 is 0 Å². The molecule has 0 aliphatic rings. The number of amides is 2. The third-order valence-electron chi connectivity index (χ3n) is 4.62. The van der Waals surface area contributed by atoms with Gasteiger partial charge in [0.15, 0.2) is 6.61 Å². The number of rotatable bonds is 7. The van der Waals surface area contributed by atoms with Gasteiger partial charge in [0.05, 0.1) is 11.6 Å². The highest BCUT2D eigenvalue weighted by Gasteiger charge is 2.17. The Balaban J connectivity index is 1.82. The van der Waals surface area contributed by atoms with E-state index in [1.165, 1.54) is 12.7 Å². The standard InChI is InChI=1S/C21H25BrN2O4/c1-5-21(2,3)15-7-9-16(10-8-15)28-13-19(25)23-24-20(26)14-6-11-18(27-4)17(22)12-14/h6-12H,5,13H2,1-4H3,(H,23,25)(H,24,26). The fourth-order valence-corrected chi connectivity index (χ4v) is 2.94. The van der Waals surface area contributed by atoms with Crippen molar-refractivity contribution < 1.29 is 19.1 Å². The molecule has 7 heteroatoms. The van der Waals surface area contributed by atoms with E-state index in [-0.39, 0.29) is 12.0 Å². The van der Waals surface area contributed by atoms with Gasteiger partial charge < -0.3 is 9.47 Å². The molecule has 0 saturated carbocycles. The SMILES string of the molecule is CCC(C)(C)c1ccc(OCC(=O)NNC(=O)c2ccc(OC)c(Br)c2)cc1. The molecule has 0 radical (unpaired) electrons. The maximum atomic E-state index is 12.1. The van der Waals surface area contributed by atoms with Gasteiger partial charge in [-0.1, -0.05) is 32.9 Å². The van der Waals surface area contributed by atoms with E-state index in [0.717, 1.165) is 6.42 Å². The molecule has 150 valence electrons. The van der Waals surface area contributed by atoms with Crippen LogP contribution in [0.15, 0.2) is 46.9 Å². The van der Waals surface area contributed by atoms with Crippen LogP contribution in [-0.2, 0) is 10.2 Å². The van der Waals surface area contributed by atoms with Crippen LogP contribution in [-0.4, -0.2) is 25.5 Å². The monoisotopic (exact) mass is 448 g/mol. The zero-order valence-corrected chi connectivity index (χ0v) is 18.1. The van der Waals surface area contributed by atoms with Crippen LogP contribution in [0.1, 0.15) is 43.1 Å². The molecule has 0 bridgehead atoms. The van der Waals surface area contributed by atoms with Crippen molar-refractivity contribution in [3.63, 3.8) is 0 Å². The molecule has 0 aromatic heterocycles. The fraction of sp³-hybridized carbons (Fsp3) is 0.333. The number of halogens is 1. The van der Waals surface area contributed by atoms with E-state index in [0.29, 0.717) is 21.5 Å². The van der Waals surface area contributed by atoms with Crippen LogP contribution in [0.3, 0.4) is 0 Å². The first kappa shape index (κ1) is 21.8. The fourth-order valence-electron chi connectivity index (χ4n) is 2.40. The van der Waals surface area contributed by atoms with E-state index in [9.17, 15) is 9.59 Å². The Morgan fingerprint density at radius 3 is 2.32 bits per heavy atom. The van der Waals surface area contributed by atoms with E-state index in [1.807, 2.05) is 24.3 Å². The zero-order chi connectivity index (χ0) is 20.7. The maximum Gasteiger partial charge on any atom is 0.276 e. The van der Waals surface area contributed by atoms with Crippen LogP contribution >= 0.6 is 15.9 Å². The van der Waals surface area contributed by atoms with Crippen molar-refractivity contribution in [2.24, 2.45) is 0 Å². The molecule has 0 aliphatic heterocycles. The number of carbonyl (C=O) groups is 2. The Hall–Kier alpha value is -2.54. The maximum absolute atomic E-state index is 12.1. The van der Waals surface area contributed by atoms with Crippen LogP contribution in [0, 0.1) is 0 Å². The lowest BCUT2D eigenvalue weighted by Gasteiger charge is -2.23. The zero-order valence-electron chi connectivity index (χ0n) is 16.5. The van der Waals surface area contributed by atoms with Crippen LogP contribution in [0.4, 0.5) is 0 Å². The molecule has 2 amide bonds. The highest BCUT2D eigenvalue weighted by atomic mass is 79.9. The molecule has 28 heavy (non-hydrogen) atoms. The first-order chi connectivity index (χ1) is 13.3. The highest BCUT2D eigenvalue weighted by molar-refractivity contribution is 9.10. The molecular weight excluding hydrogens is 424 g/mol. The summed E-state index contributed by atoms with van der Waals surface area (Å²) in [6.07, 6.45) is 1.03. The number of methoxy groups -OCH3 is 1. The summed E-state index contributed by atoms with van der Waals surface area (Å²) in [5.41, 5.74) is 6.37. The van der Waals surface area contributed by atoms with Crippen molar-refractivity contribution in [1.29, 1.82) is 0 Å². The molecule has 2 N–H and O–H groups in total. The number of ether oxygens (including phenoxy) is 2. The van der Waals surface area contributed by atoms with Gasteiger partial charge in [-0.25, -0.2) is 0 Å². The predicted molar refractivity (Wildman–Crippen MR) is 112 cm³/mol. The molecule has 0 aliphatic carbocycles. The van der Waals surface area contributed by atoms with Gasteiger partial charge in [-0.05, 0) is 63.7 Å². The van der Waals surface area contributed by atoms with Gasteiger partial charge in [0.1, 0.15) is 11.5 Å². The average Bonchev–Trinajstić information content (AvgIpc) is 2.70. The Morgan fingerprint density at radius 2 is 1.75 bits per heavy atom. The number of nitrogens with one attached hydrogen (secondary N) is 2. The largest absolute Gasteiger partial charge is 0.496 e. The van der Waals surface area contributed by atoms with E-state index < -0.39 is 11.8 Å². The number of benzene rings is 2. The minimum absolute atomic E-state index is 0.0939. The summed E-state index contributed by atoms with van der Waals surface area (Å²) in [5.74, 6) is 0.306. The van der Waals surface area contributed by atoms with E-state index in [2.05, 4.69) is 47.6 Å². The summed E-state index contributed by atoms with van der Waals surface area (Å²) in [4.78, 5) is 24.0. The van der Waals surface area contributed by atoms with E-state index >= 15 is 0 Å². The molecule has 2 rings (SSSR count). The molecule has 0 fully saturated rings. The normalized spacial score (nSPS) is 10.9. The van der Waals surface area contributed by atoms with Crippen LogP contribution in [0.2, 0.25) is 0 Å². The van der Waals surface area contributed by atoms with Crippen molar-refractivity contribution in [2.45, 2.75) is 32.6 Å². The predicted octanol–water partition coefficient (Wildman–Crippen LogP) is 3.99. The Labute approximate surface area is 173 Å². The number of carbonyl (C=O) groups excluding carboxylic acids is 2. The molecular formula is C21H25BrN2O4. The molecule has 0 unspecified atom stereocenters. The van der Waals surface area contributed by atoms with Crippen LogP contribution in [0.5, 0.6) is 11.5 Å². The number of hydrazine groups is 1. The quantitative estimate of drug-likeness (QED) is 0.627. The van der Waals surface area contributed by atoms with Crippen molar-refractivity contribution >= 4 is 27.7 Å². The first-order valence-corrected chi connectivity index (χ1v) is 9.72. The molecule has 2 aromatic carbocycles. The number of hydrogen-bond donors (Lipinski definition) is 2. The van der Waals surface area contributed by atoms with Crippen molar-refractivity contribution in [1.82, 2.24) is 10.9 Å². The Morgan fingerprint density at radius 1 is 1.07 bits per heavy atom. The molecule has 0 atom stereocenters. The van der Waals surface area contributed by atoms with Gasteiger partial charge in [0.25, 0.3) is 11.8 Å². The van der Waals surface area contributed by atoms with Gasteiger partial charge in [0, 0.05) is 5.56 Å². The average molecular weight is 449 g/mol. The summed E-state index contributed by atoms with van der Waals surface area (Å²) in [6.45, 7) is 6.30. The third kappa shape index (κ3) is 5.73. The summed E-state index contributed by atoms with van der Waals surface area (Å²) in [6, 6.07) is 12.5. The van der Waals surface area contributed by atoms with Crippen LogP contribution in [0.25, 0.3) is 0 Å². The van der Waals surface area contributed by atoms with Gasteiger partial charge in [-0.15, -0.1) is 0 Å². The molecule has 0 heterocycles. The van der Waals surface area contributed by atoms with Crippen molar-refractivity contribution in [3.8, 4) is 11.5 Å². The second kappa shape index (κ2) is 9.59. The lowest BCUT2D eigenvalue weighted by atomic mass is 9.82. The van der Waals surface area contributed by atoms with Crippen molar-refractivity contribution in [2.75, 3.05) is 13.7 Å². The van der Waals surface area contributed by atoms with Crippen molar-refractivity contribution in [3.05, 3.63) is 58.1 Å². The summed E-state index contributed by atoms with van der Waals surface area (Å²) < 4.78 is 11.2. The molecule has 2 aromatic rings. The smallest absolute Gasteiger partial charge is 0.276 e.